The van der Waals surface area contributed by atoms with Crippen molar-refractivity contribution in [3.8, 4) is 0 Å². The van der Waals surface area contributed by atoms with Crippen LogP contribution >= 0.6 is 0 Å². The summed E-state index contributed by atoms with van der Waals surface area (Å²) in [6.07, 6.45) is 0.204. The van der Waals surface area contributed by atoms with Gasteiger partial charge in [-0.3, -0.25) is 4.79 Å². The molecule has 0 aliphatic heterocycles. The van der Waals surface area contributed by atoms with Gasteiger partial charge in [0.15, 0.2) is 5.82 Å². The van der Waals surface area contributed by atoms with E-state index in [-0.39, 0.29) is 36.3 Å². The molecule has 0 aliphatic carbocycles. The molecular weight excluding hydrogens is 240 g/mol. The average molecular weight is 257 g/mol. The average Bonchev–Trinajstić information content (AvgIpc) is 2.23. The molecule has 0 aliphatic rings. The quantitative estimate of drug-likeness (QED) is 0.705. The summed E-state index contributed by atoms with van der Waals surface area (Å²) in [5.74, 6) is -1.66. The lowest BCUT2D eigenvalue weighted by atomic mass is 10.2. The Balaban J connectivity index is 2.52. The Morgan fingerprint density at radius 3 is 2.67 bits per heavy atom. The first-order valence-electron chi connectivity index (χ1n) is 5.68. The number of hydrogen-bond donors (Lipinski definition) is 3. The predicted molar refractivity (Wildman–Crippen MR) is 67.2 cm³/mol. The second-order valence-corrected chi connectivity index (χ2v) is 4.25. The van der Waals surface area contributed by atoms with Crippen molar-refractivity contribution in [1.82, 2.24) is 5.32 Å². The largest absolute Gasteiger partial charge is 0.395 e. The van der Waals surface area contributed by atoms with E-state index < -0.39 is 11.6 Å². The molecule has 0 spiro atoms. The highest BCUT2D eigenvalue weighted by Crippen LogP contribution is 2.23. The summed E-state index contributed by atoms with van der Waals surface area (Å²) >= 11 is 0. The molecule has 0 heterocycles. The van der Waals surface area contributed by atoms with Crippen LogP contribution in [0.15, 0.2) is 12.1 Å². The molecule has 0 unspecified atom stereocenters. The number of nitrogen functional groups attached to an aromatic ring is 1. The van der Waals surface area contributed by atoms with Crippen molar-refractivity contribution in [2.45, 2.75) is 26.3 Å². The van der Waals surface area contributed by atoms with Crippen molar-refractivity contribution in [3.63, 3.8) is 0 Å². The Hall–Kier alpha value is -1.85. The van der Waals surface area contributed by atoms with E-state index in [4.69, 9.17) is 5.73 Å². The van der Waals surface area contributed by atoms with Gasteiger partial charge >= 0.3 is 0 Å². The molecule has 1 aromatic rings. The molecular formula is C12H17F2N3O. The SMILES string of the molecule is CC(C)NC(=O)CCNc1cc(F)cc(F)c1N. The predicted octanol–water partition coefficient (Wildman–Crippen LogP) is 1.87. The van der Waals surface area contributed by atoms with Gasteiger partial charge in [0.1, 0.15) is 5.82 Å². The third-order valence-corrected chi connectivity index (χ3v) is 2.21. The van der Waals surface area contributed by atoms with Gasteiger partial charge in [0.25, 0.3) is 0 Å². The lowest BCUT2D eigenvalue weighted by Crippen LogP contribution is -2.31. The standard InChI is InChI=1S/C12H17F2N3O/c1-7(2)17-11(18)3-4-16-10-6-8(13)5-9(14)12(10)15/h5-7,16H,3-4,15H2,1-2H3,(H,17,18). The fourth-order valence-electron chi connectivity index (χ4n) is 1.44. The van der Waals surface area contributed by atoms with Crippen LogP contribution in [0, 0.1) is 11.6 Å². The van der Waals surface area contributed by atoms with Crippen LogP contribution in [0.4, 0.5) is 20.2 Å². The van der Waals surface area contributed by atoms with E-state index in [1.807, 2.05) is 13.8 Å². The van der Waals surface area contributed by atoms with Crippen LogP contribution in [-0.4, -0.2) is 18.5 Å². The highest BCUT2D eigenvalue weighted by atomic mass is 19.1. The third-order valence-electron chi connectivity index (χ3n) is 2.21. The first-order valence-corrected chi connectivity index (χ1v) is 5.68. The number of halogens is 2. The van der Waals surface area contributed by atoms with Crippen molar-refractivity contribution < 1.29 is 13.6 Å². The van der Waals surface area contributed by atoms with Crippen LogP contribution in [0.1, 0.15) is 20.3 Å². The maximum atomic E-state index is 13.1. The summed E-state index contributed by atoms with van der Waals surface area (Å²) in [5, 5.41) is 5.44. The Morgan fingerprint density at radius 2 is 2.06 bits per heavy atom. The van der Waals surface area contributed by atoms with E-state index in [9.17, 15) is 13.6 Å². The lowest BCUT2D eigenvalue weighted by molar-refractivity contribution is -0.121. The first-order chi connectivity index (χ1) is 8.40. The number of nitrogens with two attached hydrogens (primary N) is 1. The molecule has 0 bridgehead atoms. The molecule has 1 aromatic carbocycles. The lowest BCUT2D eigenvalue weighted by Gasteiger charge is -2.11. The number of benzene rings is 1. The number of rotatable bonds is 5. The summed E-state index contributed by atoms with van der Waals surface area (Å²) in [7, 11) is 0. The summed E-state index contributed by atoms with van der Waals surface area (Å²) in [5.41, 5.74) is 5.45. The third kappa shape index (κ3) is 4.20. The molecule has 0 saturated heterocycles. The number of carbonyl (C=O) groups excluding carboxylic acids is 1. The Labute approximate surface area is 105 Å². The Bertz CT molecular complexity index is 436. The highest BCUT2D eigenvalue weighted by molar-refractivity contribution is 5.77. The summed E-state index contributed by atoms with van der Waals surface area (Å²) in [6, 6.07) is 1.87. The zero-order valence-electron chi connectivity index (χ0n) is 10.4. The first kappa shape index (κ1) is 14.2. The molecule has 0 atom stereocenters. The van der Waals surface area contributed by atoms with Crippen molar-refractivity contribution >= 4 is 17.3 Å². The van der Waals surface area contributed by atoms with Crippen LogP contribution in [0.5, 0.6) is 0 Å². The van der Waals surface area contributed by atoms with Gasteiger partial charge in [0.2, 0.25) is 5.91 Å². The number of hydrogen-bond acceptors (Lipinski definition) is 3. The molecule has 0 saturated carbocycles. The van der Waals surface area contributed by atoms with E-state index in [2.05, 4.69) is 10.6 Å². The molecule has 100 valence electrons. The highest BCUT2D eigenvalue weighted by Gasteiger charge is 2.08. The Morgan fingerprint density at radius 1 is 1.39 bits per heavy atom. The minimum absolute atomic E-state index is 0.0641. The molecule has 4 N–H and O–H groups in total. The van der Waals surface area contributed by atoms with Gasteiger partial charge in [0.05, 0.1) is 11.4 Å². The fraction of sp³-hybridized carbons (Fsp3) is 0.417. The molecule has 4 nitrogen and oxygen atoms in total. The van der Waals surface area contributed by atoms with E-state index in [0.717, 1.165) is 6.07 Å². The maximum absolute atomic E-state index is 13.1. The summed E-state index contributed by atoms with van der Waals surface area (Å²) in [4.78, 5) is 11.3. The van der Waals surface area contributed by atoms with Crippen LogP contribution in [0.25, 0.3) is 0 Å². The topological polar surface area (TPSA) is 67.2 Å². The van der Waals surface area contributed by atoms with Crippen molar-refractivity contribution in [3.05, 3.63) is 23.8 Å². The number of nitrogens with one attached hydrogen (secondary N) is 2. The minimum Gasteiger partial charge on any atom is -0.395 e. The van der Waals surface area contributed by atoms with E-state index >= 15 is 0 Å². The molecule has 6 heteroatoms. The molecule has 1 amide bonds. The van der Waals surface area contributed by atoms with Gasteiger partial charge in [-0.1, -0.05) is 0 Å². The van der Waals surface area contributed by atoms with Crippen molar-refractivity contribution in [2.24, 2.45) is 0 Å². The fourth-order valence-corrected chi connectivity index (χ4v) is 1.44. The second kappa shape index (κ2) is 6.18. The van der Waals surface area contributed by atoms with Gasteiger partial charge in [0, 0.05) is 25.1 Å². The van der Waals surface area contributed by atoms with Gasteiger partial charge in [-0.15, -0.1) is 0 Å². The van der Waals surface area contributed by atoms with Crippen molar-refractivity contribution in [1.29, 1.82) is 0 Å². The van der Waals surface area contributed by atoms with E-state index in [1.165, 1.54) is 0 Å². The molecule has 18 heavy (non-hydrogen) atoms. The number of carbonyl (C=O) groups is 1. The van der Waals surface area contributed by atoms with E-state index in [1.54, 1.807) is 0 Å². The summed E-state index contributed by atoms with van der Waals surface area (Å²) in [6.45, 7) is 3.96. The molecule has 0 fully saturated rings. The van der Waals surface area contributed by atoms with E-state index in [0.29, 0.717) is 6.07 Å². The minimum atomic E-state index is -0.816. The zero-order chi connectivity index (χ0) is 13.7. The second-order valence-electron chi connectivity index (χ2n) is 4.25. The number of amides is 1. The van der Waals surface area contributed by atoms with Gasteiger partial charge < -0.3 is 16.4 Å². The van der Waals surface area contributed by atoms with Crippen LogP contribution in [-0.2, 0) is 4.79 Å². The van der Waals surface area contributed by atoms with Crippen LogP contribution in [0.2, 0.25) is 0 Å². The van der Waals surface area contributed by atoms with Gasteiger partial charge in [-0.2, -0.15) is 0 Å². The van der Waals surface area contributed by atoms with Crippen LogP contribution in [0.3, 0.4) is 0 Å². The molecule has 1 rings (SSSR count). The van der Waals surface area contributed by atoms with Gasteiger partial charge in [-0.05, 0) is 19.9 Å². The maximum Gasteiger partial charge on any atom is 0.221 e. The van der Waals surface area contributed by atoms with Crippen LogP contribution < -0.4 is 16.4 Å². The molecule has 0 radical (unpaired) electrons. The van der Waals surface area contributed by atoms with Crippen molar-refractivity contribution in [2.75, 3.05) is 17.6 Å². The zero-order valence-corrected chi connectivity index (χ0v) is 10.4. The normalized spacial score (nSPS) is 10.5. The smallest absolute Gasteiger partial charge is 0.221 e. The monoisotopic (exact) mass is 257 g/mol. The summed E-state index contributed by atoms with van der Waals surface area (Å²) < 4.78 is 26.1. The molecule has 0 aromatic heterocycles. The number of anilines is 2. The van der Waals surface area contributed by atoms with Gasteiger partial charge in [-0.25, -0.2) is 8.78 Å². The Kier molecular flexibility index (Phi) is 4.88.